The number of nitrogens with zero attached hydrogens (tertiary/aromatic N) is 2. The highest BCUT2D eigenvalue weighted by Crippen LogP contribution is 2.40. The van der Waals surface area contributed by atoms with Gasteiger partial charge in [0.1, 0.15) is 0 Å². The zero-order valence-corrected chi connectivity index (χ0v) is 14.7. The molecule has 0 spiro atoms. The molecule has 1 saturated heterocycles. The first-order valence-corrected chi connectivity index (χ1v) is 9.29. The Morgan fingerprint density at radius 3 is 2.32 bits per heavy atom. The maximum atomic E-state index is 9.47. The van der Waals surface area contributed by atoms with Gasteiger partial charge in [0.25, 0.3) is 0 Å². The van der Waals surface area contributed by atoms with Crippen molar-refractivity contribution in [3.63, 3.8) is 0 Å². The van der Waals surface area contributed by atoms with Crippen molar-refractivity contribution in [1.82, 2.24) is 9.80 Å². The Balaban J connectivity index is 1.84. The van der Waals surface area contributed by atoms with Crippen molar-refractivity contribution in [2.75, 3.05) is 53.0 Å². The van der Waals surface area contributed by atoms with E-state index < -0.39 is 0 Å². The van der Waals surface area contributed by atoms with E-state index in [0.717, 1.165) is 39.2 Å². The van der Waals surface area contributed by atoms with Crippen LogP contribution < -0.4 is 0 Å². The molecule has 0 aromatic rings. The van der Waals surface area contributed by atoms with Gasteiger partial charge in [-0.2, -0.15) is 0 Å². The third-order valence-electron chi connectivity index (χ3n) is 5.92. The lowest BCUT2D eigenvalue weighted by molar-refractivity contribution is 0.0197. The first-order chi connectivity index (χ1) is 10.7. The first kappa shape index (κ1) is 18.2. The fraction of sp³-hybridized carbons (Fsp3) is 1.00. The number of aliphatic hydroxyl groups excluding tert-OH is 1. The predicted molar refractivity (Wildman–Crippen MR) is 91.2 cm³/mol. The second kappa shape index (κ2) is 9.21. The van der Waals surface area contributed by atoms with E-state index in [1.54, 1.807) is 0 Å². The van der Waals surface area contributed by atoms with Gasteiger partial charge in [0.2, 0.25) is 0 Å². The maximum absolute atomic E-state index is 9.47. The van der Waals surface area contributed by atoms with Crippen LogP contribution in [0.4, 0.5) is 0 Å². The van der Waals surface area contributed by atoms with Crippen LogP contribution >= 0.6 is 0 Å². The summed E-state index contributed by atoms with van der Waals surface area (Å²) in [4.78, 5) is 5.14. The molecular weight excluding hydrogens is 276 g/mol. The zero-order chi connectivity index (χ0) is 15.8. The molecule has 4 heteroatoms. The van der Waals surface area contributed by atoms with Crippen molar-refractivity contribution in [2.24, 2.45) is 5.41 Å². The highest BCUT2D eigenvalue weighted by atomic mass is 16.5. The van der Waals surface area contributed by atoms with E-state index in [1.165, 1.54) is 45.1 Å². The average Bonchev–Trinajstić information content (AvgIpc) is 2.56. The summed E-state index contributed by atoms with van der Waals surface area (Å²) in [7, 11) is 1.83. The highest BCUT2D eigenvalue weighted by molar-refractivity contribution is 4.88. The van der Waals surface area contributed by atoms with Gasteiger partial charge in [-0.05, 0) is 31.1 Å². The molecule has 2 fully saturated rings. The van der Waals surface area contributed by atoms with Crippen LogP contribution in [0.5, 0.6) is 0 Å². The Hall–Kier alpha value is -0.160. The molecule has 1 aliphatic carbocycles. The van der Waals surface area contributed by atoms with E-state index in [2.05, 4.69) is 16.7 Å². The van der Waals surface area contributed by atoms with E-state index >= 15 is 0 Å². The smallest absolute Gasteiger partial charge is 0.0586 e. The van der Waals surface area contributed by atoms with Gasteiger partial charge in [-0.15, -0.1) is 0 Å². The monoisotopic (exact) mass is 312 g/mol. The van der Waals surface area contributed by atoms with Crippen molar-refractivity contribution in [1.29, 1.82) is 0 Å². The molecule has 1 atom stereocenters. The van der Waals surface area contributed by atoms with Gasteiger partial charge < -0.3 is 14.7 Å². The number of hydrogen-bond acceptors (Lipinski definition) is 4. The van der Waals surface area contributed by atoms with Gasteiger partial charge >= 0.3 is 0 Å². The fourth-order valence-corrected chi connectivity index (χ4v) is 4.37. The van der Waals surface area contributed by atoms with Crippen molar-refractivity contribution < 1.29 is 9.84 Å². The molecule has 2 aliphatic rings. The highest BCUT2D eigenvalue weighted by Gasteiger charge is 2.34. The van der Waals surface area contributed by atoms with Crippen molar-refractivity contribution in [2.45, 2.75) is 57.9 Å². The Labute approximate surface area is 136 Å². The summed E-state index contributed by atoms with van der Waals surface area (Å²) in [5.41, 5.74) is 0.498. The SMILES string of the molecule is CC[C@H](CO)N1CCN(CC2(CCOC)CCCCC2)CC1. The van der Waals surface area contributed by atoms with Crippen LogP contribution in [-0.2, 0) is 4.74 Å². The summed E-state index contributed by atoms with van der Waals surface area (Å²) in [6.07, 6.45) is 9.23. The normalized spacial score (nSPS) is 25.2. The molecule has 0 aromatic carbocycles. The number of hydrogen-bond donors (Lipinski definition) is 1. The Kier molecular flexibility index (Phi) is 7.61. The summed E-state index contributed by atoms with van der Waals surface area (Å²) in [5, 5.41) is 9.47. The van der Waals surface area contributed by atoms with E-state index in [0.29, 0.717) is 18.1 Å². The molecule has 0 unspecified atom stereocenters. The van der Waals surface area contributed by atoms with Gasteiger partial charge in [0, 0.05) is 52.5 Å². The number of ether oxygens (including phenoxy) is 1. The van der Waals surface area contributed by atoms with Crippen LogP contribution in [0.1, 0.15) is 51.9 Å². The van der Waals surface area contributed by atoms with Crippen LogP contribution in [0.3, 0.4) is 0 Å². The minimum Gasteiger partial charge on any atom is -0.395 e. The van der Waals surface area contributed by atoms with Gasteiger partial charge in [0.15, 0.2) is 0 Å². The molecule has 0 aromatic heterocycles. The molecule has 1 aliphatic heterocycles. The molecule has 1 N–H and O–H groups in total. The molecule has 2 rings (SSSR count). The predicted octanol–water partition coefficient (Wildman–Crippen LogP) is 2.36. The topological polar surface area (TPSA) is 35.9 Å². The minimum atomic E-state index is 0.300. The standard InChI is InChI=1S/C18H36N2O2/c1-3-17(15-21)20-12-10-19(11-13-20)16-18(9-14-22-2)7-5-4-6-8-18/h17,21H,3-16H2,1-2H3/t17-/m1/s1. The summed E-state index contributed by atoms with van der Waals surface area (Å²) >= 11 is 0. The van der Waals surface area contributed by atoms with Crippen molar-refractivity contribution >= 4 is 0 Å². The lowest BCUT2D eigenvalue weighted by Gasteiger charge is -2.45. The molecule has 1 heterocycles. The molecule has 22 heavy (non-hydrogen) atoms. The van der Waals surface area contributed by atoms with E-state index in [-0.39, 0.29) is 0 Å². The molecule has 0 radical (unpaired) electrons. The number of rotatable bonds is 8. The van der Waals surface area contributed by atoms with Gasteiger partial charge in [-0.1, -0.05) is 26.2 Å². The van der Waals surface area contributed by atoms with E-state index in [9.17, 15) is 5.11 Å². The molecule has 0 amide bonds. The van der Waals surface area contributed by atoms with Crippen LogP contribution in [0.25, 0.3) is 0 Å². The number of methoxy groups -OCH3 is 1. The van der Waals surface area contributed by atoms with Gasteiger partial charge in [0.05, 0.1) is 6.61 Å². The second-order valence-electron chi connectivity index (χ2n) is 7.36. The Bertz CT molecular complexity index is 293. The number of piperazine rings is 1. The molecule has 4 nitrogen and oxygen atoms in total. The summed E-state index contributed by atoms with van der Waals surface area (Å²) in [5.74, 6) is 0. The van der Waals surface area contributed by atoms with Crippen LogP contribution in [0, 0.1) is 5.41 Å². The third kappa shape index (κ3) is 4.92. The zero-order valence-electron chi connectivity index (χ0n) is 14.7. The second-order valence-corrected chi connectivity index (χ2v) is 7.36. The Morgan fingerprint density at radius 1 is 1.09 bits per heavy atom. The average molecular weight is 312 g/mol. The lowest BCUT2D eigenvalue weighted by atomic mass is 9.71. The van der Waals surface area contributed by atoms with Crippen molar-refractivity contribution in [3.05, 3.63) is 0 Å². The molecule has 130 valence electrons. The lowest BCUT2D eigenvalue weighted by Crippen LogP contribution is -2.53. The van der Waals surface area contributed by atoms with Gasteiger partial charge in [-0.3, -0.25) is 4.90 Å². The Morgan fingerprint density at radius 2 is 1.77 bits per heavy atom. The van der Waals surface area contributed by atoms with Crippen LogP contribution in [0.2, 0.25) is 0 Å². The maximum Gasteiger partial charge on any atom is 0.0586 e. The summed E-state index contributed by atoms with van der Waals surface area (Å²) in [6.45, 7) is 9.17. The van der Waals surface area contributed by atoms with E-state index in [4.69, 9.17) is 4.74 Å². The quantitative estimate of drug-likeness (QED) is 0.746. The van der Waals surface area contributed by atoms with Gasteiger partial charge in [-0.25, -0.2) is 0 Å². The summed E-state index contributed by atoms with van der Waals surface area (Å²) in [6, 6.07) is 0.360. The summed E-state index contributed by atoms with van der Waals surface area (Å²) < 4.78 is 5.38. The largest absolute Gasteiger partial charge is 0.395 e. The fourth-order valence-electron chi connectivity index (χ4n) is 4.37. The van der Waals surface area contributed by atoms with Crippen LogP contribution in [0.15, 0.2) is 0 Å². The van der Waals surface area contributed by atoms with E-state index in [1.807, 2.05) is 7.11 Å². The minimum absolute atomic E-state index is 0.300. The third-order valence-corrected chi connectivity index (χ3v) is 5.92. The van der Waals surface area contributed by atoms with Crippen molar-refractivity contribution in [3.8, 4) is 0 Å². The number of aliphatic hydroxyl groups is 1. The molecule has 0 bridgehead atoms. The molecule has 1 saturated carbocycles. The molecular formula is C18H36N2O2. The first-order valence-electron chi connectivity index (χ1n) is 9.29. The van der Waals surface area contributed by atoms with Crippen LogP contribution in [-0.4, -0.2) is 74.0 Å².